The molecule has 1 fully saturated rings. The van der Waals surface area contributed by atoms with Crippen molar-refractivity contribution in [3.05, 3.63) is 29.8 Å². The summed E-state index contributed by atoms with van der Waals surface area (Å²) >= 11 is 0. The van der Waals surface area contributed by atoms with Crippen LogP contribution in [0.1, 0.15) is 32.8 Å². The Morgan fingerprint density at radius 3 is 2.55 bits per heavy atom. The molecule has 1 heterocycles. The van der Waals surface area contributed by atoms with E-state index >= 15 is 0 Å². The zero-order valence-electron chi connectivity index (χ0n) is 13.3. The molecule has 1 aromatic rings. The van der Waals surface area contributed by atoms with Gasteiger partial charge in [0.25, 0.3) is 0 Å². The monoisotopic (exact) mass is 324 g/mol. The van der Waals surface area contributed by atoms with Crippen LogP contribution >= 0.6 is 0 Å². The molecule has 6 heteroatoms. The summed E-state index contributed by atoms with van der Waals surface area (Å²) < 4.78 is 22.8. The van der Waals surface area contributed by atoms with Crippen molar-refractivity contribution in [3.8, 4) is 0 Å². The molecule has 22 heavy (non-hydrogen) atoms. The van der Waals surface area contributed by atoms with Crippen molar-refractivity contribution < 1.29 is 13.2 Å². The quantitative estimate of drug-likeness (QED) is 0.897. The number of benzene rings is 1. The molecule has 1 aliphatic heterocycles. The van der Waals surface area contributed by atoms with Crippen molar-refractivity contribution in [2.24, 2.45) is 5.92 Å². The number of carbonyl (C=O) groups excluding carboxylic acids is 1. The van der Waals surface area contributed by atoms with E-state index in [1.165, 1.54) is 0 Å². The fourth-order valence-electron chi connectivity index (χ4n) is 2.68. The topological polar surface area (TPSA) is 75.3 Å². The molecular formula is C16H24N2O3S. The summed E-state index contributed by atoms with van der Waals surface area (Å²) in [4.78, 5) is 12.0. The molecular weight excluding hydrogens is 300 g/mol. The second-order valence-corrected chi connectivity index (χ2v) is 9.13. The third-order valence-electron chi connectivity index (χ3n) is 3.86. The minimum absolute atomic E-state index is 0.0219. The molecule has 122 valence electrons. The van der Waals surface area contributed by atoms with E-state index in [4.69, 9.17) is 0 Å². The van der Waals surface area contributed by atoms with Gasteiger partial charge in [0.15, 0.2) is 9.84 Å². The molecule has 1 unspecified atom stereocenters. The summed E-state index contributed by atoms with van der Waals surface area (Å²) in [5.41, 5.74) is 1.78. The number of sulfone groups is 1. The van der Waals surface area contributed by atoms with Gasteiger partial charge in [-0.05, 0) is 29.4 Å². The van der Waals surface area contributed by atoms with E-state index in [9.17, 15) is 13.2 Å². The fraction of sp³-hybridized carbons (Fsp3) is 0.562. The number of para-hydroxylation sites is 1. The fourth-order valence-corrected chi connectivity index (χ4v) is 4.54. The van der Waals surface area contributed by atoms with Crippen molar-refractivity contribution in [1.29, 1.82) is 0 Å². The third-order valence-corrected chi connectivity index (χ3v) is 5.70. The average Bonchev–Trinajstić information content (AvgIpc) is 2.75. The molecule has 0 aromatic heterocycles. The number of carbonyl (C=O) groups is 1. The van der Waals surface area contributed by atoms with Gasteiger partial charge in [-0.1, -0.05) is 39.0 Å². The Kier molecular flexibility index (Phi) is 4.80. The van der Waals surface area contributed by atoms with Crippen molar-refractivity contribution in [2.75, 3.05) is 23.4 Å². The number of rotatable bonds is 3. The predicted octanol–water partition coefficient (Wildman–Crippen LogP) is 2.54. The number of nitrogens with one attached hydrogen (secondary N) is 2. The third kappa shape index (κ3) is 4.47. The number of hydrogen-bond acceptors (Lipinski definition) is 3. The van der Waals surface area contributed by atoms with E-state index < -0.39 is 9.84 Å². The van der Waals surface area contributed by atoms with Crippen LogP contribution in [0.2, 0.25) is 0 Å². The Hall–Kier alpha value is -1.56. The summed E-state index contributed by atoms with van der Waals surface area (Å²) in [7, 11) is -2.90. The van der Waals surface area contributed by atoms with Gasteiger partial charge < -0.3 is 10.6 Å². The molecule has 0 bridgehead atoms. The van der Waals surface area contributed by atoms with Crippen LogP contribution in [0.25, 0.3) is 0 Å². The van der Waals surface area contributed by atoms with Gasteiger partial charge in [0.1, 0.15) is 0 Å². The molecule has 2 amide bonds. The van der Waals surface area contributed by atoms with Crippen molar-refractivity contribution in [1.82, 2.24) is 5.32 Å². The molecule has 5 nitrogen and oxygen atoms in total. The van der Waals surface area contributed by atoms with Crippen LogP contribution in [-0.4, -0.2) is 32.5 Å². The molecule has 1 aromatic carbocycles. The zero-order chi connectivity index (χ0) is 16.4. The Balaban J connectivity index is 1.93. The van der Waals surface area contributed by atoms with Gasteiger partial charge in [-0.3, -0.25) is 0 Å². The first-order valence-electron chi connectivity index (χ1n) is 7.52. The smallest absolute Gasteiger partial charge is 0.319 e. The minimum Gasteiger partial charge on any atom is -0.338 e. The van der Waals surface area contributed by atoms with Gasteiger partial charge in [-0.15, -0.1) is 0 Å². The van der Waals surface area contributed by atoms with Gasteiger partial charge in [-0.2, -0.15) is 0 Å². The molecule has 2 rings (SSSR count). The number of hydrogen-bond donors (Lipinski definition) is 2. The highest BCUT2D eigenvalue weighted by molar-refractivity contribution is 7.91. The van der Waals surface area contributed by atoms with E-state index in [2.05, 4.69) is 31.4 Å². The zero-order valence-corrected chi connectivity index (χ0v) is 14.2. The maximum atomic E-state index is 12.0. The first-order chi connectivity index (χ1) is 10.2. The summed E-state index contributed by atoms with van der Waals surface area (Å²) in [6, 6.07) is 7.42. The number of anilines is 1. The first kappa shape index (κ1) is 16.8. The predicted molar refractivity (Wildman–Crippen MR) is 88.9 cm³/mol. The molecule has 0 radical (unpaired) electrons. The Labute approximate surface area is 132 Å². The molecule has 1 saturated heterocycles. The normalized spacial score (nSPS) is 20.6. The van der Waals surface area contributed by atoms with Gasteiger partial charge >= 0.3 is 6.03 Å². The van der Waals surface area contributed by atoms with E-state index in [0.717, 1.165) is 11.3 Å². The van der Waals surface area contributed by atoms with Crippen LogP contribution in [0.4, 0.5) is 10.5 Å². The van der Waals surface area contributed by atoms with Gasteiger partial charge in [0, 0.05) is 12.2 Å². The highest BCUT2D eigenvalue weighted by Crippen LogP contribution is 2.29. The Bertz CT molecular complexity index is 648. The lowest BCUT2D eigenvalue weighted by Gasteiger charge is -2.23. The van der Waals surface area contributed by atoms with Crippen LogP contribution in [-0.2, 0) is 15.3 Å². The van der Waals surface area contributed by atoms with Gasteiger partial charge in [-0.25, -0.2) is 13.2 Å². The second kappa shape index (κ2) is 6.28. The molecule has 2 N–H and O–H groups in total. The van der Waals surface area contributed by atoms with Crippen LogP contribution < -0.4 is 10.6 Å². The number of amides is 2. The molecule has 0 aliphatic carbocycles. The van der Waals surface area contributed by atoms with Crippen molar-refractivity contribution in [3.63, 3.8) is 0 Å². The van der Waals surface area contributed by atoms with Crippen LogP contribution in [0.3, 0.4) is 0 Å². The average molecular weight is 324 g/mol. The standard InChI is InChI=1S/C16H24N2O3S/c1-16(2,3)13-6-4-5-7-14(13)18-15(19)17-10-12-8-9-22(20,21)11-12/h4-7,12H,8-11H2,1-3H3,(H2,17,18,19). The maximum absolute atomic E-state index is 12.0. The Morgan fingerprint density at radius 1 is 1.27 bits per heavy atom. The van der Waals surface area contributed by atoms with Crippen molar-refractivity contribution >= 4 is 21.6 Å². The number of urea groups is 1. The highest BCUT2D eigenvalue weighted by atomic mass is 32.2. The van der Waals surface area contributed by atoms with E-state index in [1.54, 1.807) is 0 Å². The van der Waals surface area contributed by atoms with E-state index in [0.29, 0.717) is 13.0 Å². The first-order valence-corrected chi connectivity index (χ1v) is 9.34. The summed E-state index contributed by atoms with van der Waals surface area (Å²) in [6.07, 6.45) is 0.626. The Morgan fingerprint density at radius 2 is 1.95 bits per heavy atom. The molecule has 1 atom stereocenters. The SMILES string of the molecule is CC(C)(C)c1ccccc1NC(=O)NCC1CCS(=O)(=O)C1. The molecule has 1 aliphatic rings. The lowest BCUT2D eigenvalue weighted by Crippen LogP contribution is -2.34. The van der Waals surface area contributed by atoms with Crippen LogP contribution in [0.5, 0.6) is 0 Å². The summed E-state index contributed by atoms with van der Waals surface area (Å²) in [5.74, 6) is 0.424. The largest absolute Gasteiger partial charge is 0.338 e. The lowest BCUT2D eigenvalue weighted by molar-refractivity contribution is 0.250. The molecule has 0 saturated carbocycles. The van der Waals surface area contributed by atoms with E-state index in [-0.39, 0.29) is 28.9 Å². The summed E-state index contributed by atoms with van der Waals surface area (Å²) in [6.45, 7) is 6.67. The van der Waals surface area contributed by atoms with Crippen molar-refractivity contribution in [2.45, 2.75) is 32.6 Å². The van der Waals surface area contributed by atoms with E-state index in [1.807, 2.05) is 24.3 Å². The lowest BCUT2D eigenvalue weighted by atomic mass is 9.86. The highest BCUT2D eigenvalue weighted by Gasteiger charge is 2.28. The second-order valence-electron chi connectivity index (χ2n) is 6.90. The minimum atomic E-state index is -2.90. The molecule has 0 spiro atoms. The van der Waals surface area contributed by atoms with Gasteiger partial charge in [0.2, 0.25) is 0 Å². The maximum Gasteiger partial charge on any atom is 0.319 e. The van der Waals surface area contributed by atoms with Crippen LogP contribution in [0, 0.1) is 5.92 Å². The summed E-state index contributed by atoms with van der Waals surface area (Å²) in [5, 5.41) is 5.64. The van der Waals surface area contributed by atoms with Crippen LogP contribution in [0.15, 0.2) is 24.3 Å². The van der Waals surface area contributed by atoms with Gasteiger partial charge in [0.05, 0.1) is 11.5 Å².